The van der Waals surface area contributed by atoms with Gasteiger partial charge in [-0.1, -0.05) is 17.7 Å². The Morgan fingerprint density at radius 2 is 1.90 bits per heavy atom. The van der Waals surface area contributed by atoms with Crippen molar-refractivity contribution in [2.75, 3.05) is 40.3 Å². The van der Waals surface area contributed by atoms with Gasteiger partial charge in [-0.25, -0.2) is 0 Å². The van der Waals surface area contributed by atoms with Gasteiger partial charge in [0.1, 0.15) is 18.5 Å². The van der Waals surface area contributed by atoms with Crippen molar-refractivity contribution >= 4 is 0 Å². The van der Waals surface area contributed by atoms with E-state index in [1.54, 1.807) is 0 Å². The number of aryl methyl sites for hydroxylation is 1. The van der Waals surface area contributed by atoms with Gasteiger partial charge in [0.2, 0.25) is 0 Å². The standard InChI is InChI=1S/C16H28N2O2/c1-14-6-8-16(9-7-14)20-13-15(19)12-17-10-4-5-11-18(2)3/h6-9,15,17,19H,4-5,10-13H2,1-3H3. The van der Waals surface area contributed by atoms with Crippen molar-refractivity contribution in [3.05, 3.63) is 29.8 Å². The SMILES string of the molecule is Cc1ccc(OCC(O)CNCCCCN(C)C)cc1. The van der Waals surface area contributed by atoms with Crippen molar-refractivity contribution in [2.24, 2.45) is 0 Å². The van der Waals surface area contributed by atoms with E-state index in [9.17, 15) is 5.11 Å². The molecule has 0 saturated heterocycles. The van der Waals surface area contributed by atoms with Crippen molar-refractivity contribution in [1.82, 2.24) is 10.2 Å². The Labute approximate surface area is 122 Å². The lowest BCUT2D eigenvalue weighted by Gasteiger charge is -2.14. The number of aliphatic hydroxyl groups excluding tert-OH is 1. The first-order valence-electron chi connectivity index (χ1n) is 7.31. The van der Waals surface area contributed by atoms with Gasteiger partial charge in [0.25, 0.3) is 0 Å². The molecule has 0 saturated carbocycles. The Balaban J connectivity index is 2.03. The topological polar surface area (TPSA) is 44.7 Å². The molecule has 0 aliphatic carbocycles. The van der Waals surface area contributed by atoms with Gasteiger partial charge in [-0.3, -0.25) is 0 Å². The van der Waals surface area contributed by atoms with Crippen LogP contribution in [0.4, 0.5) is 0 Å². The van der Waals surface area contributed by atoms with Crippen LogP contribution in [0.15, 0.2) is 24.3 Å². The Kier molecular flexibility index (Phi) is 8.26. The maximum Gasteiger partial charge on any atom is 0.119 e. The zero-order chi connectivity index (χ0) is 14.8. The summed E-state index contributed by atoms with van der Waals surface area (Å²) in [6.45, 7) is 5.00. The minimum absolute atomic E-state index is 0.327. The summed E-state index contributed by atoms with van der Waals surface area (Å²) in [4.78, 5) is 2.18. The van der Waals surface area contributed by atoms with Crippen LogP contribution in [0.25, 0.3) is 0 Å². The second-order valence-corrected chi connectivity index (χ2v) is 5.49. The van der Waals surface area contributed by atoms with Crippen molar-refractivity contribution < 1.29 is 9.84 Å². The quantitative estimate of drug-likeness (QED) is 0.640. The lowest BCUT2D eigenvalue weighted by atomic mass is 10.2. The van der Waals surface area contributed by atoms with E-state index in [4.69, 9.17) is 4.74 Å². The molecule has 0 amide bonds. The molecule has 20 heavy (non-hydrogen) atoms. The van der Waals surface area contributed by atoms with Crippen molar-refractivity contribution in [3.8, 4) is 5.75 Å². The van der Waals surface area contributed by atoms with Crippen molar-refractivity contribution in [3.63, 3.8) is 0 Å². The Morgan fingerprint density at radius 1 is 1.20 bits per heavy atom. The van der Waals surface area contributed by atoms with E-state index in [0.717, 1.165) is 25.3 Å². The fourth-order valence-corrected chi connectivity index (χ4v) is 1.83. The predicted octanol–water partition coefficient (Wildman–Crippen LogP) is 1.67. The highest BCUT2D eigenvalue weighted by Crippen LogP contribution is 2.11. The van der Waals surface area contributed by atoms with E-state index in [0.29, 0.717) is 13.2 Å². The Morgan fingerprint density at radius 3 is 2.55 bits per heavy atom. The number of ether oxygens (including phenoxy) is 1. The lowest BCUT2D eigenvalue weighted by molar-refractivity contribution is 0.106. The van der Waals surface area contributed by atoms with E-state index in [1.807, 2.05) is 31.2 Å². The Bertz CT molecular complexity index is 352. The molecular weight excluding hydrogens is 252 g/mol. The van der Waals surface area contributed by atoms with Gasteiger partial charge in [-0.05, 0) is 59.1 Å². The molecule has 0 radical (unpaired) electrons. The number of aliphatic hydroxyl groups is 1. The van der Waals surface area contributed by atoms with E-state index in [-0.39, 0.29) is 0 Å². The molecule has 0 aliphatic heterocycles. The average molecular weight is 280 g/mol. The summed E-state index contributed by atoms with van der Waals surface area (Å²) in [7, 11) is 4.17. The van der Waals surface area contributed by atoms with Gasteiger partial charge in [-0.15, -0.1) is 0 Å². The summed E-state index contributed by atoms with van der Waals surface area (Å²) in [5.41, 5.74) is 1.21. The molecule has 1 atom stereocenters. The molecule has 0 fully saturated rings. The normalized spacial score (nSPS) is 12.7. The molecule has 0 aromatic heterocycles. The molecule has 0 aliphatic rings. The van der Waals surface area contributed by atoms with Crippen LogP contribution in [0.3, 0.4) is 0 Å². The molecule has 1 aromatic rings. The predicted molar refractivity (Wildman–Crippen MR) is 83.3 cm³/mol. The fraction of sp³-hybridized carbons (Fsp3) is 0.625. The highest BCUT2D eigenvalue weighted by molar-refractivity contribution is 5.26. The molecule has 1 unspecified atom stereocenters. The molecular formula is C16H28N2O2. The van der Waals surface area contributed by atoms with E-state index in [1.165, 1.54) is 12.0 Å². The minimum Gasteiger partial charge on any atom is -0.491 e. The summed E-state index contributed by atoms with van der Waals surface area (Å²) in [5.74, 6) is 0.806. The van der Waals surface area contributed by atoms with Gasteiger partial charge in [0.05, 0.1) is 0 Å². The van der Waals surface area contributed by atoms with Crippen LogP contribution in [-0.2, 0) is 0 Å². The van der Waals surface area contributed by atoms with Crippen LogP contribution in [-0.4, -0.2) is 56.4 Å². The molecule has 0 bridgehead atoms. The van der Waals surface area contributed by atoms with Crippen LogP contribution >= 0.6 is 0 Å². The average Bonchev–Trinajstić information content (AvgIpc) is 2.41. The largest absolute Gasteiger partial charge is 0.491 e. The second-order valence-electron chi connectivity index (χ2n) is 5.49. The summed E-state index contributed by atoms with van der Waals surface area (Å²) < 4.78 is 5.54. The zero-order valence-electron chi connectivity index (χ0n) is 12.9. The third kappa shape index (κ3) is 8.15. The van der Waals surface area contributed by atoms with E-state index >= 15 is 0 Å². The Hall–Kier alpha value is -1.10. The van der Waals surface area contributed by atoms with Gasteiger partial charge < -0.3 is 20.1 Å². The number of hydrogen-bond donors (Lipinski definition) is 2. The molecule has 1 aromatic carbocycles. The number of rotatable bonds is 10. The number of nitrogens with one attached hydrogen (secondary N) is 1. The van der Waals surface area contributed by atoms with Gasteiger partial charge in [0.15, 0.2) is 0 Å². The highest BCUT2D eigenvalue weighted by Gasteiger charge is 2.04. The zero-order valence-corrected chi connectivity index (χ0v) is 12.9. The first-order chi connectivity index (χ1) is 9.58. The van der Waals surface area contributed by atoms with Gasteiger partial charge in [-0.2, -0.15) is 0 Å². The van der Waals surface area contributed by atoms with Gasteiger partial charge in [0, 0.05) is 6.54 Å². The molecule has 114 valence electrons. The highest BCUT2D eigenvalue weighted by atomic mass is 16.5. The molecule has 0 spiro atoms. The molecule has 4 nitrogen and oxygen atoms in total. The van der Waals surface area contributed by atoms with Crippen LogP contribution < -0.4 is 10.1 Å². The maximum atomic E-state index is 9.81. The van der Waals surface area contributed by atoms with Crippen LogP contribution in [0.2, 0.25) is 0 Å². The molecule has 1 rings (SSSR count). The fourth-order valence-electron chi connectivity index (χ4n) is 1.83. The monoisotopic (exact) mass is 280 g/mol. The number of unbranched alkanes of at least 4 members (excludes halogenated alkanes) is 1. The third-order valence-corrected chi connectivity index (χ3v) is 3.05. The third-order valence-electron chi connectivity index (χ3n) is 3.05. The van der Waals surface area contributed by atoms with Crippen LogP contribution in [0, 0.1) is 6.92 Å². The first kappa shape index (κ1) is 17.0. The van der Waals surface area contributed by atoms with Crippen LogP contribution in [0.5, 0.6) is 5.75 Å². The molecule has 4 heteroatoms. The summed E-state index contributed by atoms with van der Waals surface area (Å²) >= 11 is 0. The van der Waals surface area contributed by atoms with Gasteiger partial charge >= 0.3 is 0 Å². The molecule has 0 heterocycles. The number of nitrogens with zero attached hydrogens (tertiary/aromatic N) is 1. The minimum atomic E-state index is -0.467. The molecule has 2 N–H and O–H groups in total. The summed E-state index contributed by atoms with van der Waals surface area (Å²) in [6.07, 6.45) is 1.84. The smallest absolute Gasteiger partial charge is 0.119 e. The van der Waals surface area contributed by atoms with Crippen LogP contribution in [0.1, 0.15) is 18.4 Å². The summed E-state index contributed by atoms with van der Waals surface area (Å²) in [6, 6.07) is 7.86. The van der Waals surface area contributed by atoms with Crippen molar-refractivity contribution in [2.45, 2.75) is 25.9 Å². The maximum absolute atomic E-state index is 9.81. The van der Waals surface area contributed by atoms with E-state index in [2.05, 4.69) is 24.3 Å². The number of benzene rings is 1. The van der Waals surface area contributed by atoms with E-state index < -0.39 is 6.10 Å². The second kappa shape index (κ2) is 9.75. The lowest BCUT2D eigenvalue weighted by Crippen LogP contribution is -2.32. The van der Waals surface area contributed by atoms with Crippen molar-refractivity contribution in [1.29, 1.82) is 0 Å². The summed E-state index contributed by atoms with van der Waals surface area (Å²) in [5, 5.41) is 13.1. The number of hydrogen-bond acceptors (Lipinski definition) is 4. The first-order valence-corrected chi connectivity index (χ1v) is 7.31.